The normalized spacial score (nSPS) is 17.5. The SMILES string of the molecule is Cc1cc(C)c2c(c1)OC(C)(C)O2. The second-order valence-electron chi connectivity index (χ2n) is 4.01. The van der Waals surface area contributed by atoms with Gasteiger partial charge in [-0.1, -0.05) is 6.07 Å². The van der Waals surface area contributed by atoms with Crippen LogP contribution in [0, 0.1) is 13.8 Å². The third-order valence-corrected chi connectivity index (χ3v) is 2.09. The van der Waals surface area contributed by atoms with E-state index in [1.54, 1.807) is 0 Å². The second-order valence-corrected chi connectivity index (χ2v) is 4.01. The third-order valence-electron chi connectivity index (χ3n) is 2.09. The molecule has 2 nitrogen and oxygen atoms in total. The Morgan fingerprint density at radius 2 is 1.77 bits per heavy atom. The zero-order valence-electron chi connectivity index (χ0n) is 8.47. The van der Waals surface area contributed by atoms with Crippen molar-refractivity contribution in [1.82, 2.24) is 0 Å². The average molecular weight is 178 g/mol. The lowest BCUT2D eigenvalue weighted by molar-refractivity contribution is -0.0434. The van der Waals surface area contributed by atoms with E-state index in [2.05, 4.69) is 13.0 Å². The summed E-state index contributed by atoms with van der Waals surface area (Å²) >= 11 is 0. The van der Waals surface area contributed by atoms with Crippen LogP contribution in [-0.4, -0.2) is 5.79 Å². The van der Waals surface area contributed by atoms with Crippen LogP contribution < -0.4 is 9.47 Å². The smallest absolute Gasteiger partial charge is 0.246 e. The van der Waals surface area contributed by atoms with E-state index in [-0.39, 0.29) is 0 Å². The molecule has 0 spiro atoms. The lowest BCUT2D eigenvalue weighted by Gasteiger charge is -2.16. The summed E-state index contributed by atoms with van der Waals surface area (Å²) in [4.78, 5) is 0. The van der Waals surface area contributed by atoms with Gasteiger partial charge in [0.1, 0.15) is 0 Å². The minimum Gasteiger partial charge on any atom is -0.449 e. The zero-order valence-corrected chi connectivity index (χ0v) is 8.47. The van der Waals surface area contributed by atoms with Crippen molar-refractivity contribution in [2.75, 3.05) is 0 Å². The van der Waals surface area contributed by atoms with E-state index in [1.807, 2.05) is 26.8 Å². The van der Waals surface area contributed by atoms with Gasteiger partial charge in [0.2, 0.25) is 5.79 Å². The molecule has 1 aliphatic rings. The first-order chi connectivity index (χ1) is 5.98. The highest BCUT2D eigenvalue weighted by atomic mass is 16.7. The van der Waals surface area contributed by atoms with E-state index in [0.717, 1.165) is 17.1 Å². The maximum absolute atomic E-state index is 5.66. The molecule has 13 heavy (non-hydrogen) atoms. The van der Waals surface area contributed by atoms with Gasteiger partial charge in [-0.05, 0) is 31.0 Å². The third kappa shape index (κ3) is 1.37. The van der Waals surface area contributed by atoms with Crippen molar-refractivity contribution in [2.45, 2.75) is 33.5 Å². The van der Waals surface area contributed by atoms with Gasteiger partial charge < -0.3 is 9.47 Å². The molecule has 0 aromatic heterocycles. The molecule has 0 saturated carbocycles. The number of ether oxygens (including phenoxy) is 2. The van der Waals surface area contributed by atoms with Crippen molar-refractivity contribution in [3.05, 3.63) is 23.3 Å². The quantitative estimate of drug-likeness (QED) is 0.608. The lowest BCUT2D eigenvalue weighted by Crippen LogP contribution is -2.29. The Morgan fingerprint density at radius 3 is 2.46 bits per heavy atom. The molecule has 0 aliphatic carbocycles. The van der Waals surface area contributed by atoms with Crippen LogP contribution in [0.5, 0.6) is 11.5 Å². The fourth-order valence-electron chi connectivity index (χ4n) is 1.65. The maximum atomic E-state index is 5.66. The van der Waals surface area contributed by atoms with Crippen molar-refractivity contribution in [2.24, 2.45) is 0 Å². The molecule has 1 heterocycles. The number of aryl methyl sites for hydroxylation is 2. The Hall–Kier alpha value is -1.18. The second kappa shape index (κ2) is 2.41. The Kier molecular flexibility index (Phi) is 1.56. The summed E-state index contributed by atoms with van der Waals surface area (Å²) in [7, 11) is 0. The lowest BCUT2D eigenvalue weighted by atomic mass is 10.1. The van der Waals surface area contributed by atoms with Gasteiger partial charge in [0.05, 0.1) is 0 Å². The molecule has 70 valence electrons. The molecule has 2 rings (SSSR count). The first-order valence-electron chi connectivity index (χ1n) is 4.47. The number of hydrogen-bond donors (Lipinski definition) is 0. The molecule has 2 heteroatoms. The van der Waals surface area contributed by atoms with Crippen LogP contribution >= 0.6 is 0 Å². The van der Waals surface area contributed by atoms with Crippen molar-refractivity contribution in [1.29, 1.82) is 0 Å². The van der Waals surface area contributed by atoms with Gasteiger partial charge in [0.15, 0.2) is 11.5 Å². The van der Waals surface area contributed by atoms with E-state index < -0.39 is 5.79 Å². The summed E-state index contributed by atoms with van der Waals surface area (Å²) in [5.41, 5.74) is 2.35. The predicted molar refractivity (Wildman–Crippen MR) is 51.3 cm³/mol. The molecule has 0 amide bonds. The highest BCUT2D eigenvalue weighted by molar-refractivity contribution is 5.50. The minimum atomic E-state index is -0.513. The standard InChI is InChI=1S/C11H14O2/c1-7-5-8(2)10-9(6-7)12-11(3,4)13-10/h5-6H,1-4H3. The largest absolute Gasteiger partial charge is 0.449 e. The van der Waals surface area contributed by atoms with Crippen LogP contribution in [0.1, 0.15) is 25.0 Å². The fraction of sp³-hybridized carbons (Fsp3) is 0.455. The fourth-order valence-corrected chi connectivity index (χ4v) is 1.65. The van der Waals surface area contributed by atoms with Gasteiger partial charge in [-0.15, -0.1) is 0 Å². The highest BCUT2D eigenvalue weighted by Crippen LogP contribution is 2.42. The summed E-state index contributed by atoms with van der Waals surface area (Å²) in [5.74, 6) is 1.24. The Balaban J connectivity index is 2.52. The Bertz CT molecular complexity index is 353. The molecule has 1 aromatic rings. The molecule has 1 aromatic carbocycles. The zero-order chi connectivity index (χ0) is 9.64. The Labute approximate surface area is 78.5 Å². The summed E-state index contributed by atoms with van der Waals surface area (Å²) in [6.07, 6.45) is 0. The highest BCUT2D eigenvalue weighted by Gasteiger charge is 2.32. The molecule has 0 atom stereocenters. The topological polar surface area (TPSA) is 18.5 Å². The van der Waals surface area contributed by atoms with Crippen molar-refractivity contribution >= 4 is 0 Å². The predicted octanol–water partition coefficient (Wildman–Crippen LogP) is 2.81. The summed E-state index contributed by atoms with van der Waals surface area (Å²) < 4.78 is 11.3. The van der Waals surface area contributed by atoms with Crippen molar-refractivity contribution in [3.8, 4) is 11.5 Å². The van der Waals surface area contributed by atoms with Gasteiger partial charge in [0, 0.05) is 13.8 Å². The van der Waals surface area contributed by atoms with E-state index in [1.165, 1.54) is 5.56 Å². The number of benzene rings is 1. The van der Waals surface area contributed by atoms with Gasteiger partial charge >= 0.3 is 0 Å². The summed E-state index contributed by atoms with van der Waals surface area (Å²) in [5, 5.41) is 0. The molecule has 0 radical (unpaired) electrons. The van der Waals surface area contributed by atoms with Gasteiger partial charge in [-0.25, -0.2) is 0 Å². The van der Waals surface area contributed by atoms with Crippen LogP contribution in [-0.2, 0) is 0 Å². The van der Waals surface area contributed by atoms with Gasteiger partial charge in [-0.3, -0.25) is 0 Å². The molecule has 1 aliphatic heterocycles. The molecular weight excluding hydrogens is 164 g/mol. The molecule has 0 bridgehead atoms. The molecular formula is C11H14O2. The van der Waals surface area contributed by atoms with Crippen LogP contribution in [0.3, 0.4) is 0 Å². The number of hydrogen-bond acceptors (Lipinski definition) is 2. The maximum Gasteiger partial charge on any atom is 0.246 e. The minimum absolute atomic E-state index is 0.513. The number of fused-ring (bicyclic) bond motifs is 1. The van der Waals surface area contributed by atoms with Gasteiger partial charge in [0.25, 0.3) is 0 Å². The van der Waals surface area contributed by atoms with Crippen LogP contribution in [0.2, 0.25) is 0 Å². The van der Waals surface area contributed by atoms with Crippen molar-refractivity contribution < 1.29 is 9.47 Å². The molecule has 0 N–H and O–H groups in total. The average Bonchev–Trinajstić information content (AvgIpc) is 2.23. The first kappa shape index (κ1) is 8.42. The molecule has 0 fully saturated rings. The van der Waals surface area contributed by atoms with E-state index in [0.29, 0.717) is 0 Å². The number of rotatable bonds is 0. The summed E-state index contributed by atoms with van der Waals surface area (Å²) in [6, 6.07) is 4.11. The molecule has 0 saturated heterocycles. The molecule has 0 unspecified atom stereocenters. The first-order valence-corrected chi connectivity index (χ1v) is 4.47. The monoisotopic (exact) mass is 178 g/mol. The van der Waals surface area contributed by atoms with Gasteiger partial charge in [-0.2, -0.15) is 0 Å². The van der Waals surface area contributed by atoms with E-state index in [9.17, 15) is 0 Å². The van der Waals surface area contributed by atoms with Crippen molar-refractivity contribution in [3.63, 3.8) is 0 Å². The summed E-state index contributed by atoms with van der Waals surface area (Å²) in [6.45, 7) is 7.93. The van der Waals surface area contributed by atoms with Crippen LogP contribution in [0.15, 0.2) is 12.1 Å². The van der Waals surface area contributed by atoms with E-state index >= 15 is 0 Å². The van der Waals surface area contributed by atoms with Crippen LogP contribution in [0.25, 0.3) is 0 Å². The van der Waals surface area contributed by atoms with Crippen LogP contribution in [0.4, 0.5) is 0 Å². The Morgan fingerprint density at radius 1 is 1.08 bits per heavy atom. The van der Waals surface area contributed by atoms with E-state index in [4.69, 9.17) is 9.47 Å².